The zero-order valence-electron chi connectivity index (χ0n) is 11.5. The number of rotatable bonds is 4. The van der Waals surface area contributed by atoms with Crippen molar-refractivity contribution in [2.75, 3.05) is 12.4 Å². The predicted molar refractivity (Wildman–Crippen MR) is 80.5 cm³/mol. The Balaban J connectivity index is 1.55. The second-order valence-electron chi connectivity index (χ2n) is 5.33. The third-order valence-corrected chi connectivity index (χ3v) is 3.94. The lowest BCUT2D eigenvalue weighted by Crippen LogP contribution is -2.33. The van der Waals surface area contributed by atoms with Gasteiger partial charge in [0.2, 0.25) is 0 Å². The largest absolute Gasteiger partial charge is 0.508 e. The molecule has 1 saturated carbocycles. The first-order valence-electron chi connectivity index (χ1n) is 6.94. The lowest BCUT2D eigenvalue weighted by atomic mass is 9.76. The van der Waals surface area contributed by atoms with E-state index in [1.54, 1.807) is 19.2 Å². The monoisotopic (exact) mass is 269 g/mol. The van der Waals surface area contributed by atoms with Crippen LogP contribution in [-0.2, 0) is 0 Å². The van der Waals surface area contributed by atoms with Gasteiger partial charge in [-0.15, -0.1) is 0 Å². The van der Waals surface area contributed by atoms with Crippen molar-refractivity contribution in [3.8, 4) is 11.5 Å². The number of hydrogen-bond acceptors (Lipinski definition) is 3. The summed E-state index contributed by atoms with van der Waals surface area (Å²) in [6.45, 7) is 0. The van der Waals surface area contributed by atoms with E-state index in [-0.39, 0.29) is 0 Å². The quantitative estimate of drug-likeness (QED) is 0.888. The average Bonchev–Trinajstić information content (AvgIpc) is 2.43. The van der Waals surface area contributed by atoms with Crippen LogP contribution >= 0.6 is 0 Å². The topological polar surface area (TPSA) is 41.5 Å². The zero-order chi connectivity index (χ0) is 13.9. The summed E-state index contributed by atoms with van der Waals surface area (Å²) in [4.78, 5) is 0. The molecule has 0 saturated heterocycles. The maximum atomic E-state index is 9.44. The second-order valence-corrected chi connectivity index (χ2v) is 5.33. The molecule has 1 aliphatic rings. The van der Waals surface area contributed by atoms with Gasteiger partial charge in [-0.1, -0.05) is 18.2 Å². The highest BCUT2D eigenvalue weighted by molar-refractivity contribution is 5.49. The summed E-state index contributed by atoms with van der Waals surface area (Å²) < 4.78 is 5.18. The molecule has 20 heavy (non-hydrogen) atoms. The highest BCUT2D eigenvalue weighted by Crippen LogP contribution is 2.39. The maximum Gasteiger partial charge on any atom is 0.118 e. The van der Waals surface area contributed by atoms with Crippen LogP contribution in [0.2, 0.25) is 0 Å². The van der Waals surface area contributed by atoms with E-state index in [1.165, 1.54) is 5.56 Å². The number of aromatic hydroxyl groups is 1. The first kappa shape index (κ1) is 12.9. The van der Waals surface area contributed by atoms with E-state index in [9.17, 15) is 5.11 Å². The summed E-state index contributed by atoms with van der Waals surface area (Å²) in [5, 5.41) is 12.9. The molecule has 3 heteroatoms. The Labute approximate surface area is 119 Å². The number of phenols is 1. The average molecular weight is 269 g/mol. The first-order chi connectivity index (χ1) is 9.74. The molecule has 104 valence electrons. The van der Waals surface area contributed by atoms with E-state index < -0.39 is 0 Å². The summed E-state index contributed by atoms with van der Waals surface area (Å²) in [6.07, 6.45) is 2.25. The summed E-state index contributed by atoms with van der Waals surface area (Å²) in [7, 11) is 1.69. The number of anilines is 1. The van der Waals surface area contributed by atoms with E-state index in [0.717, 1.165) is 24.3 Å². The molecule has 0 aliphatic heterocycles. The van der Waals surface area contributed by atoms with Crippen LogP contribution in [0, 0.1) is 0 Å². The van der Waals surface area contributed by atoms with Crippen molar-refractivity contribution < 1.29 is 9.84 Å². The molecule has 0 radical (unpaired) electrons. The molecule has 2 aromatic carbocycles. The Morgan fingerprint density at radius 3 is 2.50 bits per heavy atom. The molecule has 2 aromatic rings. The Kier molecular flexibility index (Phi) is 3.50. The number of methoxy groups -OCH3 is 1. The van der Waals surface area contributed by atoms with Crippen LogP contribution in [0.3, 0.4) is 0 Å². The molecule has 3 nitrogen and oxygen atoms in total. The van der Waals surface area contributed by atoms with Crippen LogP contribution in [0.4, 0.5) is 5.69 Å². The first-order valence-corrected chi connectivity index (χ1v) is 6.94. The molecule has 3 rings (SSSR count). The highest BCUT2D eigenvalue weighted by atomic mass is 16.5. The fraction of sp³-hybridized carbons (Fsp3) is 0.294. The van der Waals surface area contributed by atoms with Crippen LogP contribution in [0.25, 0.3) is 0 Å². The minimum atomic E-state index is 0.307. The van der Waals surface area contributed by atoms with Crippen molar-refractivity contribution in [3.05, 3.63) is 54.1 Å². The number of hydrogen-bond donors (Lipinski definition) is 2. The third-order valence-electron chi connectivity index (χ3n) is 3.94. The normalized spacial score (nSPS) is 21.1. The third kappa shape index (κ3) is 2.72. The fourth-order valence-electron chi connectivity index (χ4n) is 2.72. The van der Waals surface area contributed by atoms with E-state index in [1.807, 2.05) is 24.3 Å². The van der Waals surface area contributed by atoms with Gasteiger partial charge in [-0.05, 0) is 48.6 Å². The minimum absolute atomic E-state index is 0.307. The number of benzene rings is 2. The molecule has 1 aliphatic carbocycles. The molecule has 2 N–H and O–H groups in total. The lowest BCUT2D eigenvalue weighted by Gasteiger charge is -2.37. The van der Waals surface area contributed by atoms with Crippen molar-refractivity contribution in [1.29, 1.82) is 0 Å². The van der Waals surface area contributed by atoms with Crippen LogP contribution in [0.1, 0.15) is 24.3 Å². The van der Waals surface area contributed by atoms with Crippen LogP contribution < -0.4 is 10.1 Å². The van der Waals surface area contributed by atoms with E-state index >= 15 is 0 Å². The maximum absolute atomic E-state index is 9.44. The molecule has 0 amide bonds. The molecule has 0 atom stereocenters. The summed E-state index contributed by atoms with van der Waals surface area (Å²) in [6, 6.07) is 16.1. The number of phenolic OH excluding ortho intramolecular Hbond substituents is 1. The summed E-state index contributed by atoms with van der Waals surface area (Å²) >= 11 is 0. The molecular formula is C17H19NO2. The van der Waals surface area contributed by atoms with Gasteiger partial charge in [0.15, 0.2) is 0 Å². The van der Waals surface area contributed by atoms with Gasteiger partial charge in [-0.3, -0.25) is 0 Å². The van der Waals surface area contributed by atoms with Gasteiger partial charge in [-0.25, -0.2) is 0 Å². The van der Waals surface area contributed by atoms with Gasteiger partial charge in [0, 0.05) is 17.8 Å². The van der Waals surface area contributed by atoms with Crippen molar-refractivity contribution in [3.63, 3.8) is 0 Å². The Hall–Kier alpha value is -2.16. The van der Waals surface area contributed by atoms with E-state index in [2.05, 4.69) is 17.4 Å². The molecule has 1 fully saturated rings. The van der Waals surface area contributed by atoms with Gasteiger partial charge in [-0.2, -0.15) is 0 Å². The molecule has 0 bridgehead atoms. The molecule has 0 spiro atoms. The van der Waals surface area contributed by atoms with Crippen LogP contribution in [0.5, 0.6) is 11.5 Å². The predicted octanol–water partition coefficient (Wildman–Crippen LogP) is 3.76. The lowest BCUT2D eigenvalue weighted by molar-refractivity contribution is 0.373. The van der Waals surface area contributed by atoms with E-state index in [4.69, 9.17) is 4.74 Å². The van der Waals surface area contributed by atoms with Crippen LogP contribution in [-0.4, -0.2) is 18.3 Å². The molecular weight excluding hydrogens is 250 g/mol. The van der Waals surface area contributed by atoms with Crippen molar-refractivity contribution >= 4 is 5.69 Å². The summed E-state index contributed by atoms with van der Waals surface area (Å²) in [5.74, 6) is 1.83. The second kappa shape index (κ2) is 5.45. The zero-order valence-corrected chi connectivity index (χ0v) is 11.5. The smallest absolute Gasteiger partial charge is 0.118 e. The molecule has 0 unspecified atom stereocenters. The van der Waals surface area contributed by atoms with Gasteiger partial charge >= 0.3 is 0 Å². The van der Waals surface area contributed by atoms with Crippen molar-refractivity contribution in [1.82, 2.24) is 0 Å². The summed E-state index contributed by atoms with van der Waals surface area (Å²) in [5.41, 5.74) is 2.36. The van der Waals surface area contributed by atoms with Crippen molar-refractivity contribution in [2.45, 2.75) is 24.8 Å². The highest BCUT2D eigenvalue weighted by Gasteiger charge is 2.30. The van der Waals surface area contributed by atoms with Gasteiger partial charge in [0.1, 0.15) is 11.5 Å². The van der Waals surface area contributed by atoms with Gasteiger partial charge in [0.25, 0.3) is 0 Å². The standard InChI is InChI=1S/C17H19NO2/c1-20-17-7-5-12(6-8-17)13-9-15(10-13)18-14-3-2-4-16(19)11-14/h2-8,11,13,15,18-19H,9-10H2,1H3. The molecule has 0 heterocycles. The Morgan fingerprint density at radius 2 is 1.85 bits per heavy atom. The molecule has 0 aromatic heterocycles. The van der Waals surface area contributed by atoms with Gasteiger partial charge in [0.05, 0.1) is 7.11 Å². The minimum Gasteiger partial charge on any atom is -0.508 e. The Morgan fingerprint density at radius 1 is 1.10 bits per heavy atom. The fourth-order valence-corrected chi connectivity index (χ4v) is 2.72. The van der Waals surface area contributed by atoms with Crippen LogP contribution in [0.15, 0.2) is 48.5 Å². The van der Waals surface area contributed by atoms with Gasteiger partial charge < -0.3 is 15.2 Å². The SMILES string of the molecule is COc1ccc(C2CC(Nc3cccc(O)c3)C2)cc1. The number of nitrogens with one attached hydrogen (secondary N) is 1. The van der Waals surface area contributed by atoms with Crippen molar-refractivity contribution in [2.24, 2.45) is 0 Å². The van der Waals surface area contributed by atoms with E-state index in [0.29, 0.717) is 17.7 Å². The number of ether oxygens (including phenoxy) is 1. The Bertz CT molecular complexity index is 574.